The number of aryl methyl sites for hydroxylation is 2. The number of anilines is 1. The number of aromatic nitrogens is 1. The van der Waals surface area contributed by atoms with E-state index in [0.29, 0.717) is 32.7 Å². The quantitative estimate of drug-likeness (QED) is 0.761. The van der Waals surface area contributed by atoms with E-state index in [1.807, 2.05) is 36.9 Å². The van der Waals surface area contributed by atoms with E-state index in [1.165, 1.54) is 13.2 Å². The van der Waals surface area contributed by atoms with Gasteiger partial charge in [-0.2, -0.15) is 0 Å². The highest BCUT2D eigenvalue weighted by molar-refractivity contribution is 5.91. The van der Waals surface area contributed by atoms with E-state index in [-0.39, 0.29) is 29.5 Å². The Morgan fingerprint density at radius 3 is 2.42 bits per heavy atom. The van der Waals surface area contributed by atoms with Gasteiger partial charge in [0.05, 0.1) is 13.3 Å². The maximum Gasteiger partial charge on any atom is 0.244 e. The molecule has 1 fully saturated rings. The van der Waals surface area contributed by atoms with Crippen LogP contribution in [-0.2, 0) is 22.7 Å². The van der Waals surface area contributed by atoms with E-state index in [4.69, 9.17) is 4.74 Å². The van der Waals surface area contributed by atoms with Gasteiger partial charge in [-0.25, -0.2) is 0 Å². The van der Waals surface area contributed by atoms with Gasteiger partial charge in [0.1, 0.15) is 6.54 Å². The number of hydrogen-bond acceptors (Lipinski definition) is 5. The highest BCUT2D eigenvalue weighted by Crippen LogP contribution is 2.17. The molecule has 31 heavy (non-hydrogen) atoms. The van der Waals surface area contributed by atoms with Gasteiger partial charge in [-0.1, -0.05) is 17.7 Å². The number of amides is 2. The molecule has 0 bridgehead atoms. The van der Waals surface area contributed by atoms with Crippen LogP contribution in [0.5, 0.6) is 5.75 Å². The molecule has 1 aliphatic rings. The minimum Gasteiger partial charge on any atom is -0.491 e. The van der Waals surface area contributed by atoms with Crippen molar-refractivity contribution in [3.8, 4) is 5.75 Å². The summed E-state index contributed by atoms with van der Waals surface area (Å²) < 4.78 is 6.94. The first kappa shape index (κ1) is 22.6. The molecule has 0 radical (unpaired) electrons. The molecule has 0 saturated carbocycles. The summed E-state index contributed by atoms with van der Waals surface area (Å²) in [6, 6.07) is 7.39. The molecule has 0 atom stereocenters. The predicted octanol–water partition coefficient (Wildman–Crippen LogP) is 1.78. The lowest BCUT2D eigenvalue weighted by Crippen LogP contribution is -2.47. The molecule has 0 aliphatic carbocycles. The average molecular weight is 427 g/mol. The van der Waals surface area contributed by atoms with Gasteiger partial charge in [0.25, 0.3) is 0 Å². The summed E-state index contributed by atoms with van der Waals surface area (Å²) >= 11 is 0. The first-order valence-corrected chi connectivity index (χ1v) is 10.4. The molecule has 1 aromatic carbocycles. The second-order valence-electron chi connectivity index (χ2n) is 7.97. The minimum absolute atomic E-state index is 0.0622. The Morgan fingerprint density at radius 1 is 1.10 bits per heavy atom. The summed E-state index contributed by atoms with van der Waals surface area (Å²) in [6.45, 7) is 8.86. The van der Waals surface area contributed by atoms with Gasteiger partial charge in [0.15, 0.2) is 5.75 Å². The first-order valence-electron chi connectivity index (χ1n) is 10.4. The monoisotopic (exact) mass is 426 g/mol. The van der Waals surface area contributed by atoms with Gasteiger partial charge in [0, 0.05) is 57.1 Å². The van der Waals surface area contributed by atoms with Gasteiger partial charge >= 0.3 is 0 Å². The molecule has 0 unspecified atom stereocenters. The Kier molecular flexibility index (Phi) is 7.12. The van der Waals surface area contributed by atoms with Gasteiger partial charge in [-0.3, -0.25) is 19.3 Å². The lowest BCUT2D eigenvalue weighted by Gasteiger charge is -2.34. The van der Waals surface area contributed by atoms with Gasteiger partial charge in [-0.05, 0) is 25.5 Å². The number of hydrogen-bond donors (Lipinski definition) is 1. The number of carbonyl (C=O) groups is 2. The van der Waals surface area contributed by atoms with Crippen LogP contribution in [0.3, 0.4) is 0 Å². The largest absolute Gasteiger partial charge is 0.491 e. The normalized spacial score (nSPS) is 14.4. The third-order valence-electron chi connectivity index (χ3n) is 5.58. The predicted molar refractivity (Wildman–Crippen MR) is 119 cm³/mol. The smallest absolute Gasteiger partial charge is 0.244 e. The molecule has 8 heteroatoms. The van der Waals surface area contributed by atoms with Crippen molar-refractivity contribution in [2.45, 2.75) is 33.9 Å². The fourth-order valence-corrected chi connectivity index (χ4v) is 3.78. The molecule has 0 spiro atoms. The maximum atomic E-state index is 12.8. The van der Waals surface area contributed by atoms with E-state index in [2.05, 4.69) is 10.2 Å². The molecular weight excluding hydrogens is 396 g/mol. The zero-order valence-corrected chi connectivity index (χ0v) is 18.6. The van der Waals surface area contributed by atoms with E-state index >= 15 is 0 Å². The number of benzene rings is 1. The van der Waals surface area contributed by atoms with E-state index in [1.54, 1.807) is 17.7 Å². The van der Waals surface area contributed by atoms with Crippen molar-refractivity contribution >= 4 is 17.5 Å². The first-order chi connectivity index (χ1) is 14.8. The second kappa shape index (κ2) is 9.78. The minimum atomic E-state index is -0.217. The molecule has 166 valence electrons. The lowest BCUT2D eigenvalue weighted by molar-refractivity contribution is -0.130. The van der Waals surface area contributed by atoms with Crippen LogP contribution in [0.25, 0.3) is 0 Å². The van der Waals surface area contributed by atoms with Crippen LogP contribution in [-0.4, -0.2) is 59.5 Å². The van der Waals surface area contributed by atoms with Crippen molar-refractivity contribution in [1.29, 1.82) is 0 Å². The molecular formula is C23H30N4O4. The van der Waals surface area contributed by atoms with E-state index < -0.39 is 0 Å². The van der Waals surface area contributed by atoms with Crippen LogP contribution in [0, 0.1) is 13.8 Å². The van der Waals surface area contributed by atoms with Crippen LogP contribution >= 0.6 is 0 Å². The number of nitrogens with zero attached hydrogens (tertiary/aromatic N) is 3. The molecule has 1 saturated heterocycles. The van der Waals surface area contributed by atoms with Gasteiger partial charge < -0.3 is 19.5 Å². The maximum absolute atomic E-state index is 12.8. The second-order valence-corrected chi connectivity index (χ2v) is 7.97. The highest BCUT2D eigenvalue weighted by Gasteiger charge is 2.20. The number of pyridine rings is 1. The van der Waals surface area contributed by atoms with Crippen molar-refractivity contribution in [1.82, 2.24) is 14.4 Å². The van der Waals surface area contributed by atoms with Crippen LogP contribution in [0.4, 0.5) is 5.69 Å². The number of nitrogens with one attached hydrogen (secondary N) is 1. The Morgan fingerprint density at radius 2 is 1.81 bits per heavy atom. The fourth-order valence-electron chi connectivity index (χ4n) is 3.78. The summed E-state index contributed by atoms with van der Waals surface area (Å²) in [5, 5.41) is 2.95. The summed E-state index contributed by atoms with van der Waals surface area (Å²) in [5.74, 6) is 0.0915. The number of methoxy groups -OCH3 is 1. The van der Waals surface area contributed by atoms with Crippen molar-refractivity contribution < 1.29 is 14.3 Å². The molecule has 3 rings (SSSR count). The fraction of sp³-hybridized carbons (Fsp3) is 0.435. The zero-order chi connectivity index (χ0) is 22.5. The van der Waals surface area contributed by atoms with Crippen molar-refractivity contribution in [3.63, 3.8) is 0 Å². The Balaban J connectivity index is 1.76. The van der Waals surface area contributed by atoms with Gasteiger partial charge in [0.2, 0.25) is 17.2 Å². The molecule has 2 aromatic rings. The number of ether oxygens (including phenoxy) is 1. The molecule has 8 nitrogen and oxygen atoms in total. The lowest BCUT2D eigenvalue weighted by atomic mass is 10.1. The summed E-state index contributed by atoms with van der Waals surface area (Å²) in [4.78, 5) is 40.7. The van der Waals surface area contributed by atoms with Crippen LogP contribution < -0.4 is 15.5 Å². The van der Waals surface area contributed by atoms with Crippen molar-refractivity contribution in [2.24, 2.45) is 0 Å². The molecule has 2 amide bonds. The number of rotatable bonds is 6. The third-order valence-corrected chi connectivity index (χ3v) is 5.58. The van der Waals surface area contributed by atoms with E-state index in [9.17, 15) is 14.4 Å². The number of carbonyl (C=O) groups excluding carboxylic acids is 2. The van der Waals surface area contributed by atoms with Crippen LogP contribution in [0.15, 0.2) is 35.3 Å². The van der Waals surface area contributed by atoms with Gasteiger partial charge in [-0.15, -0.1) is 0 Å². The molecule has 1 aliphatic heterocycles. The van der Waals surface area contributed by atoms with Crippen molar-refractivity contribution in [2.75, 3.05) is 38.6 Å². The average Bonchev–Trinajstić information content (AvgIpc) is 2.72. The van der Waals surface area contributed by atoms with Crippen molar-refractivity contribution in [3.05, 3.63) is 57.5 Å². The Bertz CT molecular complexity index is 1020. The van der Waals surface area contributed by atoms with E-state index in [0.717, 1.165) is 22.5 Å². The number of piperazine rings is 1. The molecule has 2 heterocycles. The highest BCUT2D eigenvalue weighted by atomic mass is 16.5. The van der Waals surface area contributed by atoms with Crippen LogP contribution in [0.1, 0.15) is 23.7 Å². The topological polar surface area (TPSA) is 83.9 Å². The zero-order valence-electron chi connectivity index (χ0n) is 18.6. The summed E-state index contributed by atoms with van der Waals surface area (Å²) in [7, 11) is 1.44. The molecule has 1 aromatic heterocycles. The Hall–Kier alpha value is -3.13. The molecule has 1 N–H and O–H groups in total. The Labute approximate surface area is 182 Å². The third kappa shape index (κ3) is 5.73. The summed E-state index contributed by atoms with van der Waals surface area (Å²) in [6.07, 6.45) is 1.59. The summed E-state index contributed by atoms with van der Waals surface area (Å²) in [5.41, 5.74) is 3.41. The van der Waals surface area contributed by atoms with Crippen LogP contribution in [0.2, 0.25) is 0 Å². The standard InChI is InChI=1S/C23H30N4O4/c1-16-5-6-20(17(2)11-16)24-23(30)15-27-14-22(31-4)21(29)12-19(27)13-25-7-9-26(10-8-25)18(3)28/h5-6,11-12,14H,7-10,13,15H2,1-4H3,(H,24,30). The SMILES string of the molecule is COc1cn(CC(=O)Nc2ccc(C)cc2C)c(CN2CCN(C(C)=O)CC2)cc1=O.